The number of rotatable bonds is 15. The number of fused-ring (bicyclic) bond motifs is 20. The lowest BCUT2D eigenvalue weighted by Gasteiger charge is -2.30. The smallest absolute Gasteiger partial charge is 0.261 e. The van der Waals surface area contributed by atoms with Crippen molar-refractivity contribution < 1.29 is 61.9 Å². The third kappa shape index (κ3) is 15.3. The van der Waals surface area contributed by atoms with Gasteiger partial charge in [0.15, 0.2) is 0 Å². The van der Waals surface area contributed by atoms with E-state index in [4.69, 9.17) is 37.9 Å². The number of ether oxygens (including phenoxy) is 8. The Kier molecular flexibility index (Phi) is 21.2. The number of hydrogen-bond donors (Lipinski definition) is 1. The fraction of sp³-hybridized carbons (Fsp3) is 0.444. The standard InChI is InChI=1S/C63H76N6O13/c1-45-10-15-52-55(42-45)80-34-28-67(29-35-81-56-43-46(2)11-16-53(56)66-26-32-78-39-37-76-30-24-65(52)25-31-77-38-40-79-33-27-66)54-17-12-47(44-57(54)82-41-36-75-3)6-4-7-48-13-14-51-61-49(48)8-5-9-50(61)62(73)69(63(51)74)23-21-64-58(70)20-22-68-59(71)18-19-60(68)72/h5,8-19,42-44H,4,6-7,20-41H2,1-3H3,(H,64,70). The van der Waals surface area contributed by atoms with E-state index in [1.165, 1.54) is 12.2 Å². The van der Waals surface area contributed by atoms with Crippen LogP contribution in [0.2, 0.25) is 0 Å². The number of carbonyl (C=O) groups excluding carboxylic acids is 5. The number of carbonyl (C=O) groups is 5. The van der Waals surface area contributed by atoms with Crippen molar-refractivity contribution >= 4 is 57.4 Å². The lowest BCUT2D eigenvalue weighted by atomic mass is 9.89. The minimum absolute atomic E-state index is 0.0172. The molecular formula is C63H76N6O13. The summed E-state index contributed by atoms with van der Waals surface area (Å²) in [6.07, 6.45) is 4.41. The van der Waals surface area contributed by atoms with Crippen LogP contribution in [0.3, 0.4) is 0 Å². The number of benzene rings is 5. The average molecular weight is 1130 g/mol. The van der Waals surface area contributed by atoms with Crippen LogP contribution >= 0.6 is 0 Å². The first-order chi connectivity index (χ1) is 40.1. The van der Waals surface area contributed by atoms with Gasteiger partial charge in [0.2, 0.25) is 5.91 Å². The molecule has 0 aromatic heterocycles. The molecule has 5 heterocycles. The summed E-state index contributed by atoms with van der Waals surface area (Å²) in [5, 5.41) is 4.18. The van der Waals surface area contributed by atoms with Gasteiger partial charge in [0.05, 0.1) is 89.6 Å². The number of methoxy groups -OCH3 is 1. The van der Waals surface area contributed by atoms with Crippen LogP contribution in [-0.4, -0.2) is 185 Å². The molecule has 1 fully saturated rings. The molecule has 5 aliphatic rings. The Labute approximate surface area is 479 Å². The molecule has 19 nitrogen and oxygen atoms in total. The quantitative estimate of drug-likeness (QED) is 0.0693. The van der Waals surface area contributed by atoms with Crippen LogP contribution in [0.1, 0.15) is 55.8 Å². The Morgan fingerprint density at radius 3 is 1.70 bits per heavy atom. The summed E-state index contributed by atoms with van der Waals surface area (Å²) in [4.78, 5) is 73.1. The van der Waals surface area contributed by atoms with E-state index < -0.39 is 29.5 Å². The molecule has 0 aliphatic carbocycles. The highest BCUT2D eigenvalue weighted by Gasteiger charge is 2.33. The van der Waals surface area contributed by atoms with E-state index in [0.717, 1.165) is 78.8 Å². The topological polar surface area (TPSA) is 187 Å². The zero-order chi connectivity index (χ0) is 57.2. The molecule has 5 aromatic rings. The molecule has 5 aliphatic heterocycles. The van der Waals surface area contributed by atoms with E-state index in [2.05, 4.69) is 88.5 Å². The molecule has 1 N–H and O–H groups in total. The lowest BCUT2D eigenvalue weighted by Crippen LogP contribution is -2.45. The van der Waals surface area contributed by atoms with Crippen molar-refractivity contribution in [2.75, 3.05) is 160 Å². The Hall–Kier alpha value is -7.55. The van der Waals surface area contributed by atoms with Crippen LogP contribution in [0.25, 0.3) is 10.8 Å². The Morgan fingerprint density at radius 1 is 0.561 bits per heavy atom. The van der Waals surface area contributed by atoms with Crippen LogP contribution in [0.15, 0.2) is 97.1 Å². The lowest BCUT2D eigenvalue weighted by molar-refractivity contribution is -0.137. The van der Waals surface area contributed by atoms with E-state index in [-0.39, 0.29) is 26.1 Å². The van der Waals surface area contributed by atoms with Crippen molar-refractivity contribution in [1.82, 2.24) is 15.1 Å². The van der Waals surface area contributed by atoms with Gasteiger partial charge >= 0.3 is 0 Å². The number of anilines is 3. The summed E-state index contributed by atoms with van der Waals surface area (Å²) in [5.74, 6) is 0.0536. The van der Waals surface area contributed by atoms with Gasteiger partial charge in [-0.3, -0.25) is 33.8 Å². The van der Waals surface area contributed by atoms with E-state index in [9.17, 15) is 24.0 Å². The summed E-state index contributed by atoms with van der Waals surface area (Å²) >= 11 is 0. The van der Waals surface area contributed by atoms with Gasteiger partial charge in [-0.05, 0) is 109 Å². The molecule has 436 valence electrons. The van der Waals surface area contributed by atoms with E-state index in [1.54, 1.807) is 19.2 Å². The Balaban J connectivity index is 0.925. The van der Waals surface area contributed by atoms with Gasteiger partial charge in [0.1, 0.15) is 37.1 Å². The number of nitrogens with one attached hydrogen (secondary N) is 1. The molecule has 2 bridgehead atoms. The molecule has 82 heavy (non-hydrogen) atoms. The second-order valence-corrected chi connectivity index (χ2v) is 20.6. The molecule has 0 unspecified atom stereocenters. The van der Waals surface area contributed by atoms with Crippen LogP contribution < -0.4 is 34.2 Å². The first-order valence-electron chi connectivity index (χ1n) is 28.5. The van der Waals surface area contributed by atoms with Gasteiger partial charge in [-0.15, -0.1) is 0 Å². The molecule has 10 rings (SSSR count). The van der Waals surface area contributed by atoms with Gasteiger partial charge in [-0.1, -0.05) is 36.4 Å². The first kappa shape index (κ1) is 59.1. The fourth-order valence-electron chi connectivity index (χ4n) is 10.6. The molecule has 5 aromatic carbocycles. The van der Waals surface area contributed by atoms with Crippen LogP contribution in [0, 0.1) is 13.8 Å². The highest BCUT2D eigenvalue weighted by atomic mass is 16.5. The predicted octanol–water partition coefficient (Wildman–Crippen LogP) is 6.36. The molecule has 1 saturated heterocycles. The Bertz CT molecular complexity index is 2940. The van der Waals surface area contributed by atoms with Crippen LogP contribution in [0.5, 0.6) is 17.2 Å². The van der Waals surface area contributed by atoms with Crippen LogP contribution in [-0.2, 0) is 50.9 Å². The second kappa shape index (κ2) is 29.4. The van der Waals surface area contributed by atoms with E-state index in [1.807, 2.05) is 18.2 Å². The van der Waals surface area contributed by atoms with Gasteiger partial charge < -0.3 is 57.9 Å². The van der Waals surface area contributed by atoms with Gasteiger partial charge in [0, 0.05) is 88.0 Å². The predicted molar refractivity (Wildman–Crippen MR) is 312 cm³/mol. The van der Waals surface area contributed by atoms with Gasteiger partial charge in [-0.2, -0.15) is 0 Å². The van der Waals surface area contributed by atoms with Crippen molar-refractivity contribution in [2.45, 2.75) is 39.5 Å². The molecule has 0 atom stereocenters. The van der Waals surface area contributed by atoms with Gasteiger partial charge in [0.25, 0.3) is 23.6 Å². The average Bonchev–Trinajstić information content (AvgIpc) is 3.89. The second-order valence-electron chi connectivity index (χ2n) is 20.6. The number of imide groups is 2. The summed E-state index contributed by atoms with van der Waals surface area (Å²) in [6.45, 7) is 13.0. The fourth-order valence-corrected chi connectivity index (χ4v) is 10.6. The maximum absolute atomic E-state index is 13.9. The number of aryl methyl sites for hydroxylation is 4. The van der Waals surface area contributed by atoms with Crippen molar-refractivity contribution in [3.05, 3.63) is 130 Å². The minimum Gasteiger partial charge on any atom is -0.490 e. The van der Waals surface area contributed by atoms with Gasteiger partial charge in [-0.25, -0.2) is 0 Å². The zero-order valence-electron chi connectivity index (χ0n) is 47.5. The van der Waals surface area contributed by atoms with Crippen LogP contribution in [0.4, 0.5) is 17.1 Å². The van der Waals surface area contributed by atoms with Crippen molar-refractivity contribution in [3.63, 3.8) is 0 Å². The highest BCUT2D eigenvalue weighted by molar-refractivity contribution is 6.25. The van der Waals surface area contributed by atoms with Crippen molar-refractivity contribution in [1.29, 1.82) is 0 Å². The highest BCUT2D eigenvalue weighted by Crippen LogP contribution is 2.36. The van der Waals surface area contributed by atoms with E-state index in [0.29, 0.717) is 147 Å². The Morgan fingerprint density at radius 2 is 1.11 bits per heavy atom. The number of hydrogen-bond acceptors (Lipinski definition) is 16. The summed E-state index contributed by atoms with van der Waals surface area (Å²) in [5.41, 5.74) is 7.93. The SMILES string of the molecule is COCCOc1cc(CCCc2ccc3c4c(cccc24)C(=O)N(CCNC(=O)CCN2C(=O)C=CC2=O)C3=O)ccc1N1CCOc2cc(C)ccc2N2CCOCCOCCN(CCOCCOCC2)c2ccc(C)cc2OCC1. The number of amides is 5. The molecule has 5 amide bonds. The monoisotopic (exact) mass is 1120 g/mol. The minimum atomic E-state index is -0.466. The zero-order valence-corrected chi connectivity index (χ0v) is 47.5. The third-order valence-corrected chi connectivity index (χ3v) is 14.9. The summed E-state index contributed by atoms with van der Waals surface area (Å²) < 4.78 is 50.1. The van der Waals surface area contributed by atoms with Crippen molar-refractivity contribution in [2.24, 2.45) is 0 Å². The first-order valence-corrected chi connectivity index (χ1v) is 28.5. The molecule has 0 spiro atoms. The summed E-state index contributed by atoms with van der Waals surface area (Å²) in [7, 11) is 1.66. The van der Waals surface area contributed by atoms with Crippen molar-refractivity contribution in [3.8, 4) is 17.2 Å². The molecule has 0 radical (unpaired) electrons. The molecular weight excluding hydrogens is 1050 g/mol. The van der Waals surface area contributed by atoms with E-state index >= 15 is 0 Å². The molecule has 19 heteroatoms. The maximum atomic E-state index is 13.9. The third-order valence-electron chi connectivity index (χ3n) is 14.9. The molecule has 0 saturated carbocycles. The normalized spacial score (nSPS) is 17.1. The summed E-state index contributed by atoms with van der Waals surface area (Å²) in [6, 6.07) is 28.3. The maximum Gasteiger partial charge on any atom is 0.261 e. The largest absolute Gasteiger partial charge is 0.490 e. The number of nitrogens with zero attached hydrogens (tertiary/aromatic N) is 5.